The molecule has 7 heteroatoms. The topological polar surface area (TPSA) is 58.5 Å². The van der Waals surface area contributed by atoms with E-state index in [0.29, 0.717) is 12.0 Å². The summed E-state index contributed by atoms with van der Waals surface area (Å²) in [6.07, 6.45) is 8.04. The first-order valence-corrected chi connectivity index (χ1v) is 9.47. The summed E-state index contributed by atoms with van der Waals surface area (Å²) >= 11 is 1.75. The van der Waals surface area contributed by atoms with Crippen LogP contribution in [0.25, 0.3) is 0 Å². The molecular formula is C17H31IN4OS. The Morgan fingerprint density at radius 3 is 2.71 bits per heavy atom. The Labute approximate surface area is 167 Å². The van der Waals surface area contributed by atoms with Crippen LogP contribution in [0.3, 0.4) is 0 Å². The Morgan fingerprint density at radius 2 is 2.17 bits per heavy atom. The van der Waals surface area contributed by atoms with Gasteiger partial charge in [-0.2, -0.15) is 0 Å². The van der Waals surface area contributed by atoms with Crippen molar-refractivity contribution in [2.24, 2.45) is 10.4 Å². The lowest BCUT2D eigenvalue weighted by Crippen LogP contribution is -2.46. The van der Waals surface area contributed by atoms with Gasteiger partial charge in [-0.25, -0.2) is 9.98 Å². The molecular weight excluding hydrogens is 435 g/mol. The molecule has 138 valence electrons. The molecule has 0 aliphatic heterocycles. The van der Waals surface area contributed by atoms with Crippen molar-refractivity contribution in [3.8, 4) is 0 Å². The Morgan fingerprint density at radius 1 is 1.38 bits per heavy atom. The smallest absolute Gasteiger partial charge is 0.191 e. The second-order valence-electron chi connectivity index (χ2n) is 6.22. The minimum Gasteiger partial charge on any atom is -0.385 e. The van der Waals surface area contributed by atoms with Crippen LogP contribution in [-0.4, -0.2) is 37.7 Å². The monoisotopic (exact) mass is 466 g/mol. The Kier molecular flexibility index (Phi) is 10.1. The van der Waals surface area contributed by atoms with E-state index in [1.165, 1.54) is 24.1 Å². The van der Waals surface area contributed by atoms with Crippen molar-refractivity contribution in [3.63, 3.8) is 0 Å². The van der Waals surface area contributed by atoms with Gasteiger partial charge in [-0.3, -0.25) is 0 Å². The zero-order chi connectivity index (χ0) is 16.5. The maximum atomic E-state index is 5.27. The van der Waals surface area contributed by atoms with Crippen LogP contribution in [0.4, 0.5) is 0 Å². The number of rotatable bonds is 9. The standard InChI is InChI=1S/C17H30N4OS.HI/c1-4-14-11-19-15(23-14)12-20-16(18-5-2)21-13-17(7-6-8-17)9-10-22-3;/h11H,4-10,12-13H2,1-3H3,(H2,18,20,21);1H. The van der Waals surface area contributed by atoms with E-state index in [2.05, 4.69) is 34.5 Å². The van der Waals surface area contributed by atoms with Crippen molar-refractivity contribution in [3.05, 3.63) is 16.1 Å². The number of nitrogens with one attached hydrogen (secondary N) is 2. The third-order valence-corrected chi connectivity index (χ3v) is 5.67. The number of ether oxygens (including phenoxy) is 1. The molecule has 1 heterocycles. The summed E-state index contributed by atoms with van der Waals surface area (Å²) < 4.78 is 5.27. The van der Waals surface area contributed by atoms with Crippen LogP contribution in [0, 0.1) is 5.41 Å². The van der Waals surface area contributed by atoms with E-state index in [1.807, 2.05) is 6.20 Å². The van der Waals surface area contributed by atoms with E-state index >= 15 is 0 Å². The summed E-state index contributed by atoms with van der Waals surface area (Å²) in [4.78, 5) is 10.4. The summed E-state index contributed by atoms with van der Waals surface area (Å²) in [6, 6.07) is 0. The molecule has 2 N–H and O–H groups in total. The quantitative estimate of drug-likeness (QED) is 0.332. The number of methoxy groups -OCH3 is 1. The molecule has 0 unspecified atom stereocenters. The van der Waals surface area contributed by atoms with E-state index < -0.39 is 0 Å². The van der Waals surface area contributed by atoms with Gasteiger partial charge in [0, 0.05) is 37.9 Å². The van der Waals surface area contributed by atoms with E-state index in [0.717, 1.165) is 43.5 Å². The lowest BCUT2D eigenvalue weighted by molar-refractivity contribution is 0.0732. The molecule has 0 atom stereocenters. The molecule has 0 radical (unpaired) electrons. The van der Waals surface area contributed by atoms with Crippen LogP contribution in [0.1, 0.15) is 49.4 Å². The minimum atomic E-state index is 0. The van der Waals surface area contributed by atoms with Crippen LogP contribution < -0.4 is 10.6 Å². The van der Waals surface area contributed by atoms with Crippen molar-refractivity contribution < 1.29 is 4.74 Å². The second-order valence-corrected chi connectivity index (χ2v) is 7.42. The minimum absolute atomic E-state index is 0. The molecule has 1 saturated carbocycles. The molecule has 24 heavy (non-hydrogen) atoms. The van der Waals surface area contributed by atoms with Crippen LogP contribution in [0.5, 0.6) is 0 Å². The fourth-order valence-corrected chi connectivity index (χ4v) is 3.64. The Hall–Kier alpha value is -0.410. The van der Waals surface area contributed by atoms with E-state index in [4.69, 9.17) is 4.74 Å². The molecule has 1 aliphatic carbocycles. The van der Waals surface area contributed by atoms with Gasteiger partial charge in [0.05, 0.1) is 6.54 Å². The van der Waals surface area contributed by atoms with Gasteiger partial charge in [0.25, 0.3) is 0 Å². The molecule has 0 amide bonds. The Balaban J connectivity index is 0.00000288. The predicted molar refractivity (Wildman–Crippen MR) is 113 cm³/mol. The summed E-state index contributed by atoms with van der Waals surface area (Å²) in [5, 5.41) is 7.94. The molecule has 1 aromatic heterocycles. The number of hydrogen-bond acceptors (Lipinski definition) is 4. The van der Waals surface area contributed by atoms with Crippen LogP contribution >= 0.6 is 35.3 Å². The molecule has 0 aromatic carbocycles. The summed E-state index contributed by atoms with van der Waals surface area (Å²) in [5.41, 5.74) is 0.392. The van der Waals surface area contributed by atoms with E-state index in [1.54, 1.807) is 18.4 Å². The van der Waals surface area contributed by atoms with Crippen LogP contribution in [0.15, 0.2) is 11.2 Å². The number of guanidine groups is 1. The van der Waals surface area contributed by atoms with Gasteiger partial charge in [0.15, 0.2) is 5.96 Å². The van der Waals surface area contributed by atoms with Crippen molar-refractivity contribution in [1.29, 1.82) is 0 Å². The third-order valence-electron chi connectivity index (χ3n) is 4.55. The first-order chi connectivity index (χ1) is 11.2. The molecule has 1 fully saturated rings. The van der Waals surface area contributed by atoms with Crippen molar-refractivity contribution in [2.45, 2.75) is 52.5 Å². The second kappa shape index (κ2) is 11.3. The Bertz CT molecular complexity index is 503. The van der Waals surface area contributed by atoms with Gasteiger partial charge in [-0.05, 0) is 38.0 Å². The maximum absolute atomic E-state index is 5.27. The fourth-order valence-electron chi connectivity index (χ4n) is 2.85. The number of aryl methyl sites for hydroxylation is 1. The van der Waals surface area contributed by atoms with Gasteiger partial charge in [0.2, 0.25) is 0 Å². The number of nitrogens with zero attached hydrogens (tertiary/aromatic N) is 2. The molecule has 2 rings (SSSR count). The summed E-state index contributed by atoms with van der Waals surface area (Å²) in [6.45, 7) is 7.58. The zero-order valence-corrected chi connectivity index (χ0v) is 18.2. The summed E-state index contributed by atoms with van der Waals surface area (Å²) in [5.74, 6) is 0.893. The highest BCUT2D eigenvalue weighted by atomic mass is 127. The van der Waals surface area contributed by atoms with Crippen molar-refractivity contribution in [2.75, 3.05) is 26.8 Å². The third kappa shape index (κ3) is 6.48. The highest BCUT2D eigenvalue weighted by Crippen LogP contribution is 2.43. The first-order valence-electron chi connectivity index (χ1n) is 8.66. The molecule has 0 spiro atoms. The number of hydrogen-bond donors (Lipinski definition) is 2. The molecule has 1 aromatic rings. The predicted octanol–water partition coefficient (Wildman–Crippen LogP) is 3.59. The summed E-state index contributed by atoms with van der Waals surface area (Å²) in [7, 11) is 1.78. The van der Waals surface area contributed by atoms with Gasteiger partial charge in [-0.15, -0.1) is 35.3 Å². The SMILES string of the molecule is CCNC(=NCc1ncc(CC)s1)NCC1(CCOC)CCC1.I. The normalized spacial score (nSPS) is 16.2. The highest BCUT2D eigenvalue weighted by molar-refractivity contribution is 14.0. The molecule has 1 aliphatic rings. The number of halogens is 1. The van der Waals surface area contributed by atoms with Crippen molar-refractivity contribution >= 4 is 41.3 Å². The lowest BCUT2D eigenvalue weighted by atomic mass is 9.67. The maximum Gasteiger partial charge on any atom is 0.191 e. The zero-order valence-electron chi connectivity index (χ0n) is 15.1. The van der Waals surface area contributed by atoms with E-state index in [-0.39, 0.29) is 24.0 Å². The number of thiazole rings is 1. The van der Waals surface area contributed by atoms with Gasteiger partial charge >= 0.3 is 0 Å². The highest BCUT2D eigenvalue weighted by Gasteiger charge is 2.36. The van der Waals surface area contributed by atoms with Crippen LogP contribution in [-0.2, 0) is 17.7 Å². The number of aliphatic imine (C=N–C) groups is 1. The molecule has 0 bridgehead atoms. The lowest BCUT2D eigenvalue weighted by Gasteiger charge is -2.42. The largest absolute Gasteiger partial charge is 0.385 e. The van der Waals surface area contributed by atoms with Gasteiger partial charge in [-0.1, -0.05) is 13.3 Å². The molecule has 5 nitrogen and oxygen atoms in total. The van der Waals surface area contributed by atoms with Crippen molar-refractivity contribution in [1.82, 2.24) is 15.6 Å². The van der Waals surface area contributed by atoms with Crippen LogP contribution in [0.2, 0.25) is 0 Å². The number of aromatic nitrogens is 1. The molecule has 0 saturated heterocycles. The fraction of sp³-hybridized carbons (Fsp3) is 0.765. The van der Waals surface area contributed by atoms with Gasteiger partial charge < -0.3 is 15.4 Å². The first kappa shape index (κ1) is 21.6. The van der Waals surface area contributed by atoms with E-state index in [9.17, 15) is 0 Å². The van der Waals surface area contributed by atoms with Gasteiger partial charge in [0.1, 0.15) is 5.01 Å². The average molecular weight is 466 g/mol. The average Bonchev–Trinajstić information content (AvgIpc) is 2.99.